The molecule has 5 rings (SSSR count). The largest absolute Gasteiger partial charge is 0.448 e. The van der Waals surface area contributed by atoms with Crippen LogP contribution in [0.5, 0.6) is 0 Å². The van der Waals surface area contributed by atoms with E-state index in [1.54, 1.807) is 24.3 Å². The molecule has 1 amide bonds. The van der Waals surface area contributed by atoms with Gasteiger partial charge in [-0.15, -0.1) is 0 Å². The van der Waals surface area contributed by atoms with Crippen LogP contribution in [-0.4, -0.2) is 75.4 Å². The number of nitrogens with one attached hydrogen (secondary N) is 1. The first-order valence-corrected chi connectivity index (χ1v) is 16.0. The van der Waals surface area contributed by atoms with E-state index in [1.165, 1.54) is 6.07 Å². The molecule has 3 heterocycles. The summed E-state index contributed by atoms with van der Waals surface area (Å²) in [5.41, 5.74) is 8.55. The van der Waals surface area contributed by atoms with Gasteiger partial charge in [-0.05, 0) is 87.0 Å². The monoisotopic (exact) mass is 601 g/mol. The lowest BCUT2D eigenvalue weighted by Gasteiger charge is -2.39. The van der Waals surface area contributed by atoms with Crippen molar-refractivity contribution in [1.82, 2.24) is 10.2 Å². The molecule has 2 fully saturated rings. The summed E-state index contributed by atoms with van der Waals surface area (Å²) in [6.45, 7) is 6.21. The van der Waals surface area contributed by atoms with Crippen molar-refractivity contribution in [2.45, 2.75) is 55.6 Å². The fourth-order valence-electron chi connectivity index (χ4n) is 6.01. The molecule has 0 bridgehead atoms. The molecule has 1 spiro atoms. The summed E-state index contributed by atoms with van der Waals surface area (Å²) >= 11 is 6.69. The average molecular weight is 602 g/mol. The molecule has 0 saturated carbocycles. The highest BCUT2D eigenvalue weighted by Crippen LogP contribution is 2.43. The molecular weight excluding hydrogens is 566 g/mol. The average Bonchev–Trinajstić information content (AvgIpc) is 3.44. The van der Waals surface area contributed by atoms with E-state index in [0.29, 0.717) is 66.5 Å². The maximum absolute atomic E-state index is 13.3. The number of hydrogen-bond donors (Lipinski definition) is 2. The highest BCUT2D eigenvalue weighted by molar-refractivity contribution is 7.90. The van der Waals surface area contributed by atoms with E-state index in [4.69, 9.17) is 26.8 Å². The fourth-order valence-corrected chi connectivity index (χ4v) is 6.95. The van der Waals surface area contributed by atoms with Gasteiger partial charge in [0, 0.05) is 36.5 Å². The van der Waals surface area contributed by atoms with Crippen LogP contribution in [0.1, 0.15) is 43.7 Å². The lowest BCUT2D eigenvalue weighted by Crippen LogP contribution is -2.54. The van der Waals surface area contributed by atoms with E-state index in [1.807, 2.05) is 24.8 Å². The van der Waals surface area contributed by atoms with Gasteiger partial charge in [-0.1, -0.05) is 23.7 Å². The second kappa shape index (κ2) is 11.1. The summed E-state index contributed by atoms with van der Waals surface area (Å²) in [5.74, 6) is -0.630. The first-order valence-electron chi connectivity index (χ1n) is 13.8. The van der Waals surface area contributed by atoms with Crippen molar-refractivity contribution >= 4 is 38.9 Å². The molecule has 3 aliphatic heterocycles. The van der Waals surface area contributed by atoms with Crippen molar-refractivity contribution in [3.8, 4) is 11.1 Å². The molecule has 2 atom stereocenters. The van der Waals surface area contributed by atoms with Crippen LogP contribution in [0.15, 0.2) is 47.0 Å². The van der Waals surface area contributed by atoms with Crippen LogP contribution < -0.4 is 11.1 Å². The van der Waals surface area contributed by atoms with Crippen LogP contribution in [0.4, 0.5) is 0 Å². The van der Waals surface area contributed by atoms with E-state index in [9.17, 15) is 18.0 Å². The van der Waals surface area contributed by atoms with Gasteiger partial charge in [0.25, 0.3) is 0 Å². The molecule has 220 valence electrons. The molecule has 2 aromatic rings. The Bertz CT molecular complexity index is 1530. The molecule has 11 heteroatoms. The highest BCUT2D eigenvalue weighted by atomic mass is 35.5. The maximum atomic E-state index is 13.3. The second-order valence-corrected chi connectivity index (χ2v) is 14.0. The minimum Gasteiger partial charge on any atom is -0.448 e. The van der Waals surface area contributed by atoms with Gasteiger partial charge in [0.05, 0.1) is 28.3 Å². The van der Waals surface area contributed by atoms with Gasteiger partial charge >= 0.3 is 5.97 Å². The smallest absolute Gasteiger partial charge is 0.341 e. The number of nitrogens with two attached hydrogens (primary N) is 1. The summed E-state index contributed by atoms with van der Waals surface area (Å²) in [4.78, 5) is 28.2. The molecule has 0 radical (unpaired) electrons. The number of aryl methyl sites for hydroxylation is 1. The second-order valence-electron chi connectivity index (χ2n) is 11.6. The van der Waals surface area contributed by atoms with Gasteiger partial charge in [-0.3, -0.25) is 9.69 Å². The Morgan fingerprint density at radius 2 is 1.95 bits per heavy atom. The number of piperidine rings is 1. The number of ether oxygens (including phenoxy) is 2. The number of carbonyl (C=O) groups is 2. The molecule has 0 aromatic heterocycles. The number of nitrogens with zero attached hydrogens (tertiary/aromatic N) is 1. The van der Waals surface area contributed by atoms with E-state index in [2.05, 4.69) is 5.32 Å². The zero-order valence-corrected chi connectivity index (χ0v) is 25.2. The van der Waals surface area contributed by atoms with Gasteiger partial charge in [-0.25, -0.2) is 13.2 Å². The van der Waals surface area contributed by atoms with Crippen LogP contribution in [0, 0.1) is 6.92 Å². The number of rotatable bonds is 7. The zero-order chi connectivity index (χ0) is 29.6. The minimum absolute atomic E-state index is 0.107. The number of esters is 1. The maximum Gasteiger partial charge on any atom is 0.341 e. The Hall–Kier alpha value is -2.92. The van der Waals surface area contributed by atoms with Gasteiger partial charge in [0.15, 0.2) is 15.4 Å². The summed E-state index contributed by atoms with van der Waals surface area (Å²) in [7, 11) is -3.39. The number of likely N-dealkylation sites (tertiary alicyclic amines) is 1. The zero-order valence-electron chi connectivity index (χ0n) is 23.6. The Balaban J connectivity index is 1.37. The summed E-state index contributed by atoms with van der Waals surface area (Å²) in [6.07, 6.45) is 4.33. The summed E-state index contributed by atoms with van der Waals surface area (Å²) in [6, 6.07) is 10.1. The highest BCUT2D eigenvalue weighted by Gasteiger charge is 2.49. The third-order valence-electron chi connectivity index (χ3n) is 8.27. The summed E-state index contributed by atoms with van der Waals surface area (Å²) < 4.78 is 35.8. The molecule has 41 heavy (non-hydrogen) atoms. The topological polar surface area (TPSA) is 128 Å². The van der Waals surface area contributed by atoms with Gasteiger partial charge in [-0.2, -0.15) is 0 Å². The molecular formula is C30H36ClN3O6S. The van der Waals surface area contributed by atoms with Crippen LogP contribution >= 0.6 is 11.6 Å². The Morgan fingerprint density at radius 1 is 1.17 bits per heavy atom. The number of amides is 1. The van der Waals surface area contributed by atoms with Gasteiger partial charge in [0.1, 0.15) is 0 Å². The van der Waals surface area contributed by atoms with Crippen molar-refractivity contribution in [3.05, 3.63) is 58.2 Å². The van der Waals surface area contributed by atoms with E-state index in [-0.39, 0.29) is 28.5 Å². The number of benzene rings is 2. The molecule has 0 aliphatic carbocycles. The third-order valence-corrected chi connectivity index (χ3v) is 9.69. The first kappa shape index (κ1) is 29.6. The van der Waals surface area contributed by atoms with E-state index < -0.39 is 21.4 Å². The van der Waals surface area contributed by atoms with Crippen molar-refractivity contribution < 1.29 is 27.5 Å². The Morgan fingerprint density at radius 3 is 2.66 bits per heavy atom. The molecule has 2 aromatic carbocycles. The number of sulfone groups is 1. The number of carbonyl (C=O) groups excluding carboxylic acids is 2. The van der Waals surface area contributed by atoms with E-state index >= 15 is 0 Å². The van der Waals surface area contributed by atoms with Gasteiger partial charge < -0.3 is 20.5 Å². The molecule has 2 unspecified atom stereocenters. The predicted octanol–water partition coefficient (Wildman–Crippen LogP) is 3.47. The lowest BCUT2D eigenvalue weighted by molar-refractivity contribution is -0.149. The first-order chi connectivity index (χ1) is 19.3. The van der Waals surface area contributed by atoms with Crippen LogP contribution in [0.25, 0.3) is 16.7 Å². The number of halogens is 1. The number of hydrogen-bond acceptors (Lipinski definition) is 8. The van der Waals surface area contributed by atoms with Crippen LogP contribution in [0.2, 0.25) is 5.02 Å². The predicted molar refractivity (Wildman–Crippen MR) is 157 cm³/mol. The molecule has 2 saturated heterocycles. The van der Waals surface area contributed by atoms with Crippen molar-refractivity contribution in [3.63, 3.8) is 0 Å². The lowest BCUT2D eigenvalue weighted by atomic mass is 9.86. The minimum atomic E-state index is -3.39. The quantitative estimate of drug-likeness (QED) is 0.462. The van der Waals surface area contributed by atoms with Crippen molar-refractivity contribution in [1.29, 1.82) is 0 Å². The van der Waals surface area contributed by atoms with Crippen LogP contribution in [0.3, 0.4) is 0 Å². The standard InChI is InChI=1S/C30H36ClN3O6S/c1-19-13-23(20-7-4-8-21(14-20)41(3,37)38)24(31)15-22(19)26-27(32)30(40-28(26)36)10-5-11-34(18-30)16-25(35)33-17-29(2)9-6-12-39-29/h4,7-8,13-15H,5-6,9-12,16-18,32H2,1-3H3,(H,33,35). The molecule has 3 N–H and O–H groups in total. The fraction of sp³-hybridized carbons (Fsp3) is 0.467. The van der Waals surface area contributed by atoms with Crippen molar-refractivity contribution in [2.24, 2.45) is 5.73 Å². The summed E-state index contributed by atoms with van der Waals surface area (Å²) in [5, 5.41) is 3.34. The molecule has 9 nitrogen and oxygen atoms in total. The Kier molecular flexibility index (Phi) is 7.97. The SMILES string of the molecule is Cc1cc(-c2cccc(S(C)(=O)=O)c2)c(Cl)cc1C1=C(N)C2(CCCN(CC(=O)NCC3(C)CCCO3)C2)OC1=O. The van der Waals surface area contributed by atoms with E-state index in [0.717, 1.165) is 24.7 Å². The third kappa shape index (κ3) is 6.02. The normalized spacial score (nSPS) is 25.1. The van der Waals surface area contributed by atoms with Crippen LogP contribution in [-0.2, 0) is 28.9 Å². The Labute approximate surface area is 245 Å². The van der Waals surface area contributed by atoms with Gasteiger partial charge in [0.2, 0.25) is 5.91 Å². The van der Waals surface area contributed by atoms with Crippen molar-refractivity contribution in [2.75, 3.05) is 39.0 Å². The molecule has 3 aliphatic rings.